The summed E-state index contributed by atoms with van der Waals surface area (Å²) in [4.78, 5) is 8.82. The first kappa shape index (κ1) is 15.7. The monoisotopic (exact) mass is 297 g/mol. The molecule has 2 rings (SSSR count). The van der Waals surface area contributed by atoms with Gasteiger partial charge in [0.1, 0.15) is 0 Å². The smallest absolute Gasteiger partial charge is 0.186 e. The number of hydrogen-bond acceptors (Lipinski definition) is 5. The van der Waals surface area contributed by atoms with E-state index in [1.54, 1.807) is 7.11 Å². The molecule has 0 amide bonds. The van der Waals surface area contributed by atoms with Crippen LogP contribution in [0.5, 0.6) is 0 Å². The van der Waals surface area contributed by atoms with Crippen LogP contribution in [0, 0.1) is 0 Å². The normalized spacial score (nSPS) is 19.7. The summed E-state index contributed by atoms with van der Waals surface area (Å²) in [5, 5.41) is 4.57. The number of ether oxygens (including phenoxy) is 1. The number of aryl methyl sites for hydroxylation is 1. The zero-order valence-electron chi connectivity index (χ0n) is 13.1. The highest BCUT2D eigenvalue weighted by atomic mass is 32.1. The van der Waals surface area contributed by atoms with Gasteiger partial charge in [0.2, 0.25) is 0 Å². The molecule has 4 nitrogen and oxygen atoms in total. The summed E-state index contributed by atoms with van der Waals surface area (Å²) in [6, 6.07) is 0.941. The first-order valence-electron chi connectivity index (χ1n) is 7.63. The van der Waals surface area contributed by atoms with Crippen molar-refractivity contribution in [2.75, 3.05) is 32.2 Å². The predicted molar refractivity (Wildman–Crippen MR) is 85.8 cm³/mol. The van der Waals surface area contributed by atoms with Crippen LogP contribution >= 0.6 is 11.3 Å². The summed E-state index contributed by atoms with van der Waals surface area (Å²) in [6.45, 7) is 6.17. The van der Waals surface area contributed by atoms with E-state index in [0.29, 0.717) is 12.1 Å². The van der Waals surface area contributed by atoms with E-state index in [0.717, 1.165) is 19.6 Å². The maximum Gasteiger partial charge on any atom is 0.186 e. The van der Waals surface area contributed by atoms with E-state index in [9.17, 15) is 0 Å². The van der Waals surface area contributed by atoms with Crippen LogP contribution in [0.4, 0.5) is 5.13 Å². The molecular formula is C15H27N3OS. The fourth-order valence-corrected chi connectivity index (χ4v) is 4.02. The van der Waals surface area contributed by atoms with Gasteiger partial charge in [-0.3, -0.25) is 0 Å². The minimum Gasteiger partial charge on any atom is -0.383 e. The molecule has 1 aliphatic carbocycles. The Labute approximate surface area is 126 Å². The first-order valence-corrected chi connectivity index (χ1v) is 8.45. The predicted octanol–water partition coefficient (Wildman–Crippen LogP) is 2.99. The van der Waals surface area contributed by atoms with Gasteiger partial charge in [-0.15, -0.1) is 11.3 Å². The number of thiazole rings is 1. The molecule has 114 valence electrons. The van der Waals surface area contributed by atoms with Gasteiger partial charge >= 0.3 is 0 Å². The standard InChI is InChI=1S/C15H27N3OS/c1-5-11(2)18(9-10-19-4)15-17-14-12(16-3)7-6-8-13(14)20-15/h11-12,16H,5-10H2,1-4H3. The van der Waals surface area contributed by atoms with Crippen molar-refractivity contribution in [2.24, 2.45) is 0 Å². The molecule has 0 saturated heterocycles. The zero-order chi connectivity index (χ0) is 14.5. The Kier molecular flexibility index (Phi) is 5.81. The summed E-state index contributed by atoms with van der Waals surface area (Å²) < 4.78 is 5.26. The largest absolute Gasteiger partial charge is 0.383 e. The van der Waals surface area contributed by atoms with E-state index in [-0.39, 0.29) is 0 Å². The molecule has 0 aliphatic heterocycles. The average molecular weight is 297 g/mol. The molecule has 0 aromatic carbocycles. The Balaban J connectivity index is 2.23. The summed E-state index contributed by atoms with van der Waals surface area (Å²) in [7, 11) is 3.80. The summed E-state index contributed by atoms with van der Waals surface area (Å²) in [6.07, 6.45) is 4.78. The molecule has 1 aromatic heterocycles. The van der Waals surface area contributed by atoms with Crippen LogP contribution in [0.3, 0.4) is 0 Å². The lowest BCUT2D eigenvalue weighted by molar-refractivity contribution is 0.203. The fraction of sp³-hybridized carbons (Fsp3) is 0.800. The number of nitrogens with zero attached hydrogens (tertiary/aromatic N) is 2. The highest BCUT2D eigenvalue weighted by Gasteiger charge is 2.26. The molecular weight excluding hydrogens is 270 g/mol. The first-order chi connectivity index (χ1) is 9.71. The lowest BCUT2D eigenvalue weighted by Gasteiger charge is -2.27. The topological polar surface area (TPSA) is 37.4 Å². The molecule has 2 unspecified atom stereocenters. The maximum atomic E-state index is 5.26. The third-order valence-corrected chi connectivity index (χ3v) is 5.36. The Morgan fingerprint density at radius 2 is 2.35 bits per heavy atom. The molecule has 0 spiro atoms. The number of hydrogen-bond donors (Lipinski definition) is 1. The van der Waals surface area contributed by atoms with Crippen LogP contribution in [-0.2, 0) is 11.2 Å². The van der Waals surface area contributed by atoms with Gasteiger partial charge in [-0.05, 0) is 39.7 Å². The number of rotatable bonds is 7. The second-order valence-corrected chi connectivity index (χ2v) is 6.54. The van der Waals surface area contributed by atoms with Crippen molar-refractivity contribution in [2.45, 2.75) is 51.6 Å². The summed E-state index contributed by atoms with van der Waals surface area (Å²) in [5.41, 5.74) is 1.28. The molecule has 20 heavy (non-hydrogen) atoms. The third-order valence-electron chi connectivity index (χ3n) is 4.20. The lowest BCUT2D eigenvalue weighted by atomic mass is 9.98. The van der Waals surface area contributed by atoms with Gasteiger partial charge in [0, 0.05) is 24.6 Å². The van der Waals surface area contributed by atoms with Gasteiger partial charge in [0.05, 0.1) is 18.3 Å². The lowest BCUT2D eigenvalue weighted by Crippen LogP contribution is -2.35. The van der Waals surface area contributed by atoms with E-state index in [1.807, 2.05) is 18.4 Å². The Morgan fingerprint density at radius 1 is 1.55 bits per heavy atom. The highest BCUT2D eigenvalue weighted by Crippen LogP contribution is 2.37. The van der Waals surface area contributed by atoms with Gasteiger partial charge in [-0.2, -0.15) is 0 Å². The van der Waals surface area contributed by atoms with Crippen molar-refractivity contribution < 1.29 is 4.74 Å². The van der Waals surface area contributed by atoms with Gasteiger partial charge < -0.3 is 15.0 Å². The molecule has 1 heterocycles. The van der Waals surface area contributed by atoms with E-state index in [1.165, 1.54) is 35.0 Å². The summed E-state index contributed by atoms with van der Waals surface area (Å²) >= 11 is 1.88. The Hall–Kier alpha value is -0.650. The van der Waals surface area contributed by atoms with Crippen molar-refractivity contribution in [3.63, 3.8) is 0 Å². The number of anilines is 1. The van der Waals surface area contributed by atoms with Crippen molar-refractivity contribution in [1.29, 1.82) is 0 Å². The third kappa shape index (κ3) is 3.32. The van der Waals surface area contributed by atoms with Crippen LogP contribution < -0.4 is 10.2 Å². The van der Waals surface area contributed by atoms with Crippen LogP contribution in [0.1, 0.15) is 49.7 Å². The van der Waals surface area contributed by atoms with Crippen molar-refractivity contribution >= 4 is 16.5 Å². The van der Waals surface area contributed by atoms with E-state index in [4.69, 9.17) is 9.72 Å². The zero-order valence-corrected chi connectivity index (χ0v) is 13.9. The maximum absolute atomic E-state index is 5.26. The number of methoxy groups -OCH3 is 1. The second kappa shape index (κ2) is 7.38. The number of nitrogens with one attached hydrogen (secondary N) is 1. The van der Waals surface area contributed by atoms with Gasteiger partial charge in [0.15, 0.2) is 5.13 Å². The molecule has 0 fully saturated rings. The Bertz CT molecular complexity index is 421. The van der Waals surface area contributed by atoms with Crippen LogP contribution in [0.2, 0.25) is 0 Å². The number of fused-ring (bicyclic) bond motifs is 1. The van der Waals surface area contributed by atoms with Crippen molar-refractivity contribution in [1.82, 2.24) is 10.3 Å². The molecule has 1 N–H and O–H groups in total. The van der Waals surface area contributed by atoms with Crippen LogP contribution in [0.25, 0.3) is 0 Å². The SMILES string of the molecule is CCC(C)N(CCOC)c1nc2c(s1)CCCC2NC. The minimum absolute atomic E-state index is 0.435. The van der Waals surface area contributed by atoms with E-state index >= 15 is 0 Å². The summed E-state index contributed by atoms with van der Waals surface area (Å²) in [5.74, 6) is 0. The molecule has 2 atom stereocenters. The average Bonchev–Trinajstić information content (AvgIpc) is 2.90. The van der Waals surface area contributed by atoms with Crippen molar-refractivity contribution in [3.8, 4) is 0 Å². The fourth-order valence-electron chi connectivity index (χ4n) is 2.72. The molecule has 1 aliphatic rings. The van der Waals surface area contributed by atoms with Gasteiger partial charge in [-0.25, -0.2) is 4.98 Å². The Morgan fingerprint density at radius 3 is 3.00 bits per heavy atom. The van der Waals surface area contributed by atoms with Crippen LogP contribution in [-0.4, -0.2) is 38.3 Å². The van der Waals surface area contributed by atoms with Gasteiger partial charge in [0.25, 0.3) is 0 Å². The second-order valence-electron chi connectivity index (χ2n) is 5.48. The molecule has 0 radical (unpaired) electrons. The van der Waals surface area contributed by atoms with E-state index < -0.39 is 0 Å². The quantitative estimate of drug-likeness (QED) is 0.839. The van der Waals surface area contributed by atoms with Crippen LogP contribution in [0.15, 0.2) is 0 Å². The van der Waals surface area contributed by atoms with E-state index in [2.05, 4.69) is 24.1 Å². The highest BCUT2D eigenvalue weighted by molar-refractivity contribution is 7.15. The minimum atomic E-state index is 0.435. The van der Waals surface area contributed by atoms with Crippen molar-refractivity contribution in [3.05, 3.63) is 10.6 Å². The molecule has 0 saturated carbocycles. The molecule has 1 aromatic rings. The molecule has 5 heteroatoms. The molecule has 0 bridgehead atoms. The number of aromatic nitrogens is 1. The van der Waals surface area contributed by atoms with Gasteiger partial charge in [-0.1, -0.05) is 6.92 Å².